The molecule has 1 aromatic rings. The Hall–Kier alpha value is -1.91. The molecule has 0 fully saturated rings. The molecule has 0 amide bonds. The molecule has 0 bridgehead atoms. The predicted molar refractivity (Wildman–Crippen MR) is 69.1 cm³/mol. The number of nitrogens with two attached hydrogens (primary N) is 1. The molecule has 18 heavy (non-hydrogen) atoms. The molecule has 0 atom stereocenters. The van der Waals surface area contributed by atoms with E-state index in [1.54, 1.807) is 0 Å². The molecule has 5 heteroatoms. The number of hydrogen-bond acceptors (Lipinski definition) is 4. The second kappa shape index (κ2) is 6.74. The van der Waals surface area contributed by atoms with Gasteiger partial charge in [0, 0.05) is 12.1 Å². The standard InChI is InChI=1S/C13H19NO4/c1-2-3-4-5-6-18-9-7-10(14)12(13(16)17)11(15)8-9/h7-8,15H,2-6,14H2,1H3,(H,16,17). The molecule has 0 saturated carbocycles. The molecular formula is C13H19NO4. The maximum atomic E-state index is 10.8. The number of aromatic hydroxyl groups is 1. The molecule has 1 aromatic carbocycles. The van der Waals surface area contributed by atoms with E-state index in [0.717, 1.165) is 25.7 Å². The van der Waals surface area contributed by atoms with Gasteiger partial charge in [-0.1, -0.05) is 26.2 Å². The Balaban J connectivity index is 2.61. The van der Waals surface area contributed by atoms with Gasteiger partial charge in [0.05, 0.1) is 12.3 Å². The third kappa shape index (κ3) is 3.84. The van der Waals surface area contributed by atoms with Crippen molar-refractivity contribution in [2.75, 3.05) is 12.3 Å². The lowest BCUT2D eigenvalue weighted by atomic mass is 10.1. The third-order valence-corrected chi connectivity index (χ3v) is 2.60. The Kier molecular flexibility index (Phi) is 5.30. The molecule has 0 aliphatic heterocycles. The van der Waals surface area contributed by atoms with Crippen molar-refractivity contribution in [2.24, 2.45) is 0 Å². The van der Waals surface area contributed by atoms with Crippen LogP contribution in [-0.2, 0) is 0 Å². The van der Waals surface area contributed by atoms with Gasteiger partial charge >= 0.3 is 5.97 Å². The van der Waals surface area contributed by atoms with Crippen molar-refractivity contribution in [3.63, 3.8) is 0 Å². The largest absolute Gasteiger partial charge is 0.507 e. The van der Waals surface area contributed by atoms with Crippen LogP contribution in [0.25, 0.3) is 0 Å². The normalized spacial score (nSPS) is 10.3. The van der Waals surface area contributed by atoms with Crippen LogP contribution in [0.4, 0.5) is 5.69 Å². The second-order valence-corrected chi connectivity index (χ2v) is 4.12. The number of anilines is 1. The van der Waals surface area contributed by atoms with Gasteiger partial charge in [0.15, 0.2) is 0 Å². The van der Waals surface area contributed by atoms with E-state index in [1.165, 1.54) is 12.1 Å². The molecule has 0 saturated heterocycles. The Morgan fingerprint density at radius 1 is 1.33 bits per heavy atom. The molecule has 5 nitrogen and oxygen atoms in total. The first-order valence-electron chi connectivity index (χ1n) is 6.04. The number of unbranched alkanes of at least 4 members (excludes halogenated alkanes) is 3. The van der Waals surface area contributed by atoms with E-state index in [0.29, 0.717) is 12.4 Å². The summed E-state index contributed by atoms with van der Waals surface area (Å²) in [5.74, 6) is -1.22. The van der Waals surface area contributed by atoms with Crippen LogP contribution in [0.5, 0.6) is 11.5 Å². The van der Waals surface area contributed by atoms with E-state index >= 15 is 0 Å². The van der Waals surface area contributed by atoms with Crippen molar-refractivity contribution in [3.05, 3.63) is 17.7 Å². The summed E-state index contributed by atoms with van der Waals surface area (Å²) in [4.78, 5) is 10.8. The van der Waals surface area contributed by atoms with Crippen molar-refractivity contribution < 1.29 is 19.7 Å². The predicted octanol–water partition coefficient (Wildman–Crippen LogP) is 2.63. The zero-order valence-electron chi connectivity index (χ0n) is 10.5. The van der Waals surface area contributed by atoms with Crippen LogP contribution in [0.3, 0.4) is 0 Å². The Morgan fingerprint density at radius 3 is 2.61 bits per heavy atom. The number of aromatic carboxylic acids is 1. The van der Waals surface area contributed by atoms with E-state index in [2.05, 4.69) is 6.92 Å². The van der Waals surface area contributed by atoms with Gasteiger partial charge in [0.2, 0.25) is 0 Å². The molecule has 0 aromatic heterocycles. The molecule has 0 aliphatic rings. The minimum atomic E-state index is -1.25. The van der Waals surface area contributed by atoms with Gasteiger partial charge in [-0.3, -0.25) is 0 Å². The number of rotatable bonds is 7. The number of ether oxygens (including phenoxy) is 1. The number of phenols is 1. The molecule has 0 unspecified atom stereocenters. The zero-order chi connectivity index (χ0) is 13.5. The van der Waals surface area contributed by atoms with E-state index in [-0.39, 0.29) is 17.0 Å². The fourth-order valence-electron chi connectivity index (χ4n) is 1.66. The topological polar surface area (TPSA) is 92.8 Å². The molecule has 100 valence electrons. The number of carbonyl (C=O) groups is 1. The summed E-state index contributed by atoms with van der Waals surface area (Å²) in [6.45, 7) is 2.66. The quantitative estimate of drug-likeness (QED) is 0.513. The van der Waals surface area contributed by atoms with Gasteiger partial charge in [0.1, 0.15) is 17.1 Å². The van der Waals surface area contributed by atoms with E-state index in [4.69, 9.17) is 15.6 Å². The van der Waals surface area contributed by atoms with E-state index in [1.807, 2.05) is 0 Å². The average Bonchev–Trinajstić information content (AvgIpc) is 2.27. The van der Waals surface area contributed by atoms with E-state index in [9.17, 15) is 9.90 Å². The lowest BCUT2D eigenvalue weighted by Crippen LogP contribution is -2.04. The number of hydrogen-bond donors (Lipinski definition) is 3. The van der Waals surface area contributed by atoms with Crippen LogP contribution in [0, 0.1) is 0 Å². The van der Waals surface area contributed by atoms with Crippen LogP contribution in [-0.4, -0.2) is 22.8 Å². The summed E-state index contributed by atoms with van der Waals surface area (Å²) in [5.41, 5.74) is 5.28. The van der Waals surface area contributed by atoms with Gasteiger partial charge in [-0.05, 0) is 6.42 Å². The first-order chi connectivity index (χ1) is 8.56. The molecule has 0 spiro atoms. The van der Waals surface area contributed by atoms with Crippen LogP contribution in [0.1, 0.15) is 43.0 Å². The van der Waals surface area contributed by atoms with Crippen molar-refractivity contribution in [1.29, 1.82) is 0 Å². The fourth-order valence-corrected chi connectivity index (χ4v) is 1.66. The first-order valence-corrected chi connectivity index (χ1v) is 6.04. The van der Waals surface area contributed by atoms with Gasteiger partial charge in [0.25, 0.3) is 0 Å². The highest BCUT2D eigenvalue weighted by Gasteiger charge is 2.15. The molecule has 4 N–H and O–H groups in total. The van der Waals surface area contributed by atoms with Crippen LogP contribution in [0.15, 0.2) is 12.1 Å². The summed E-state index contributed by atoms with van der Waals surface area (Å²) in [7, 11) is 0. The summed E-state index contributed by atoms with van der Waals surface area (Å²) < 4.78 is 5.42. The number of carboxylic acid groups (broad SMARTS) is 1. The summed E-state index contributed by atoms with van der Waals surface area (Å²) in [6.07, 6.45) is 4.33. The molecule has 0 radical (unpaired) electrons. The summed E-state index contributed by atoms with van der Waals surface area (Å²) in [5, 5.41) is 18.4. The zero-order valence-corrected chi connectivity index (χ0v) is 10.5. The number of carboxylic acids is 1. The monoisotopic (exact) mass is 253 g/mol. The molecule has 0 heterocycles. The average molecular weight is 253 g/mol. The van der Waals surface area contributed by atoms with Crippen LogP contribution >= 0.6 is 0 Å². The van der Waals surface area contributed by atoms with Gasteiger partial charge in [-0.15, -0.1) is 0 Å². The molecule has 1 rings (SSSR count). The van der Waals surface area contributed by atoms with Gasteiger partial charge in [-0.25, -0.2) is 4.79 Å². The Bertz CT molecular complexity index is 394. The molecular weight excluding hydrogens is 234 g/mol. The van der Waals surface area contributed by atoms with Gasteiger partial charge in [-0.2, -0.15) is 0 Å². The maximum absolute atomic E-state index is 10.8. The Morgan fingerprint density at radius 2 is 2.06 bits per heavy atom. The highest BCUT2D eigenvalue weighted by atomic mass is 16.5. The fraction of sp³-hybridized carbons (Fsp3) is 0.462. The lowest BCUT2D eigenvalue weighted by molar-refractivity contribution is 0.0695. The third-order valence-electron chi connectivity index (χ3n) is 2.60. The Labute approximate surface area is 106 Å². The first kappa shape index (κ1) is 14.2. The number of benzene rings is 1. The smallest absolute Gasteiger partial charge is 0.341 e. The SMILES string of the molecule is CCCCCCOc1cc(N)c(C(=O)O)c(O)c1. The summed E-state index contributed by atoms with van der Waals surface area (Å²) in [6, 6.07) is 2.70. The van der Waals surface area contributed by atoms with E-state index < -0.39 is 5.97 Å². The van der Waals surface area contributed by atoms with Gasteiger partial charge < -0.3 is 20.7 Å². The number of nitrogen functional groups attached to an aromatic ring is 1. The minimum absolute atomic E-state index is 0.00561. The highest BCUT2D eigenvalue weighted by molar-refractivity contribution is 5.97. The minimum Gasteiger partial charge on any atom is -0.507 e. The van der Waals surface area contributed by atoms with Crippen molar-refractivity contribution >= 4 is 11.7 Å². The summed E-state index contributed by atoms with van der Waals surface area (Å²) >= 11 is 0. The maximum Gasteiger partial charge on any atom is 0.341 e. The van der Waals surface area contributed by atoms with Crippen molar-refractivity contribution in [3.8, 4) is 11.5 Å². The molecule has 0 aliphatic carbocycles. The van der Waals surface area contributed by atoms with Crippen molar-refractivity contribution in [1.82, 2.24) is 0 Å². The highest BCUT2D eigenvalue weighted by Crippen LogP contribution is 2.29. The second-order valence-electron chi connectivity index (χ2n) is 4.12. The lowest BCUT2D eigenvalue weighted by Gasteiger charge is -2.09. The van der Waals surface area contributed by atoms with Crippen LogP contribution in [0.2, 0.25) is 0 Å². The van der Waals surface area contributed by atoms with Crippen molar-refractivity contribution in [2.45, 2.75) is 32.6 Å². The van der Waals surface area contributed by atoms with Crippen LogP contribution < -0.4 is 10.5 Å².